The molecule has 0 radical (unpaired) electrons. The minimum absolute atomic E-state index is 0.111. The van der Waals surface area contributed by atoms with Gasteiger partial charge in [0.25, 0.3) is 5.56 Å². The number of carbonyl (C=O) groups is 1. The second kappa shape index (κ2) is 9.18. The van der Waals surface area contributed by atoms with E-state index >= 15 is 0 Å². The van der Waals surface area contributed by atoms with E-state index in [-0.39, 0.29) is 17.2 Å². The van der Waals surface area contributed by atoms with Gasteiger partial charge in [-0.25, -0.2) is 4.98 Å². The molecule has 0 saturated carbocycles. The van der Waals surface area contributed by atoms with Crippen molar-refractivity contribution in [2.75, 3.05) is 18.2 Å². The molecule has 0 fully saturated rings. The number of nitrogens with one attached hydrogen (secondary N) is 1. The van der Waals surface area contributed by atoms with E-state index in [0.717, 1.165) is 11.1 Å². The average Bonchev–Trinajstić information content (AvgIpc) is 3.21. The second-order valence-corrected chi connectivity index (χ2v) is 9.26. The monoisotopic (exact) mass is 465 g/mol. The van der Waals surface area contributed by atoms with Crippen LogP contribution in [0.5, 0.6) is 5.75 Å². The second-order valence-electron chi connectivity index (χ2n) is 7.46. The molecule has 0 unspecified atom stereocenters. The van der Waals surface area contributed by atoms with Crippen LogP contribution in [0.4, 0.5) is 5.69 Å². The summed E-state index contributed by atoms with van der Waals surface area (Å²) in [6.45, 7) is 4.13. The topological polar surface area (TPSA) is 73.2 Å². The summed E-state index contributed by atoms with van der Waals surface area (Å²) in [6, 6.07) is 13.4. The Balaban J connectivity index is 1.56. The summed E-state index contributed by atoms with van der Waals surface area (Å²) in [7, 11) is 3.27. The molecule has 1 N–H and O–H groups in total. The third-order valence-electron chi connectivity index (χ3n) is 5.28. The Morgan fingerprint density at radius 3 is 2.75 bits per heavy atom. The van der Waals surface area contributed by atoms with Crippen molar-refractivity contribution < 1.29 is 9.53 Å². The van der Waals surface area contributed by atoms with Gasteiger partial charge in [0.15, 0.2) is 5.16 Å². The van der Waals surface area contributed by atoms with E-state index in [0.29, 0.717) is 26.8 Å². The number of amides is 1. The highest BCUT2D eigenvalue weighted by Crippen LogP contribution is 2.33. The maximum absolute atomic E-state index is 13.2. The van der Waals surface area contributed by atoms with Crippen LogP contribution in [-0.2, 0) is 11.8 Å². The molecule has 4 aromatic rings. The van der Waals surface area contributed by atoms with Crippen LogP contribution in [-0.4, -0.2) is 28.3 Å². The van der Waals surface area contributed by atoms with Gasteiger partial charge in [0, 0.05) is 29.7 Å². The van der Waals surface area contributed by atoms with Gasteiger partial charge in [0.2, 0.25) is 5.91 Å². The molecule has 0 atom stereocenters. The molecule has 0 aliphatic carbocycles. The first kappa shape index (κ1) is 22.1. The van der Waals surface area contributed by atoms with Crippen molar-refractivity contribution in [3.05, 3.63) is 69.3 Å². The molecule has 2 aromatic carbocycles. The van der Waals surface area contributed by atoms with Crippen molar-refractivity contribution in [2.45, 2.75) is 19.0 Å². The Hall–Kier alpha value is -3.10. The Labute approximate surface area is 194 Å². The maximum atomic E-state index is 13.2. The number of fused-ring (bicyclic) bond motifs is 1. The number of thioether (sulfide) groups is 1. The van der Waals surface area contributed by atoms with Gasteiger partial charge in [-0.15, -0.1) is 11.3 Å². The molecule has 2 heterocycles. The smallest absolute Gasteiger partial charge is 0.263 e. The average molecular weight is 466 g/mol. The van der Waals surface area contributed by atoms with Crippen molar-refractivity contribution in [1.82, 2.24) is 9.55 Å². The van der Waals surface area contributed by atoms with Gasteiger partial charge in [-0.1, -0.05) is 36.0 Å². The fraction of sp³-hybridized carbons (Fsp3) is 0.208. The molecule has 2 aromatic heterocycles. The first-order valence-electron chi connectivity index (χ1n) is 10.00. The standard InChI is InChI=1S/C24H23N3O3S2/c1-14-8-9-16(10-15(14)2)19-12-31-22-21(19)23(29)27(3)24(26-22)32-13-20(28)25-17-6-5-7-18(11-17)30-4/h5-12H,13H2,1-4H3,(H,25,28). The lowest BCUT2D eigenvalue weighted by Crippen LogP contribution is -2.21. The van der Waals surface area contributed by atoms with Crippen LogP contribution in [0.15, 0.2) is 57.8 Å². The molecule has 8 heteroatoms. The lowest BCUT2D eigenvalue weighted by atomic mass is 10.0. The number of hydrogen-bond acceptors (Lipinski definition) is 6. The Bertz CT molecular complexity index is 1370. The number of nitrogens with zero attached hydrogens (tertiary/aromatic N) is 2. The zero-order valence-corrected chi connectivity index (χ0v) is 19.9. The van der Waals surface area contributed by atoms with E-state index in [4.69, 9.17) is 4.74 Å². The van der Waals surface area contributed by atoms with Gasteiger partial charge < -0.3 is 10.1 Å². The normalized spacial score (nSPS) is 11.0. The lowest BCUT2D eigenvalue weighted by Gasteiger charge is -2.09. The summed E-state index contributed by atoms with van der Waals surface area (Å²) in [5, 5.41) is 5.95. The Morgan fingerprint density at radius 1 is 1.19 bits per heavy atom. The van der Waals surface area contributed by atoms with E-state index in [9.17, 15) is 9.59 Å². The highest BCUT2D eigenvalue weighted by atomic mass is 32.2. The van der Waals surface area contributed by atoms with Crippen molar-refractivity contribution >= 4 is 44.9 Å². The predicted octanol–water partition coefficient (Wildman–Crippen LogP) is 5.02. The number of rotatable bonds is 6. The summed E-state index contributed by atoms with van der Waals surface area (Å²) in [4.78, 5) is 30.9. The van der Waals surface area contributed by atoms with E-state index in [1.807, 2.05) is 23.6 Å². The van der Waals surface area contributed by atoms with Gasteiger partial charge in [-0.05, 0) is 42.7 Å². The van der Waals surface area contributed by atoms with E-state index < -0.39 is 0 Å². The highest BCUT2D eigenvalue weighted by molar-refractivity contribution is 7.99. The van der Waals surface area contributed by atoms with Crippen molar-refractivity contribution in [2.24, 2.45) is 7.05 Å². The SMILES string of the molecule is COc1cccc(NC(=O)CSc2nc3scc(-c4ccc(C)c(C)c4)c3c(=O)n2C)c1. The summed E-state index contributed by atoms with van der Waals surface area (Å²) < 4.78 is 6.70. The fourth-order valence-corrected chi connectivity index (χ4v) is 5.09. The zero-order chi connectivity index (χ0) is 22.8. The highest BCUT2D eigenvalue weighted by Gasteiger charge is 2.17. The van der Waals surface area contributed by atoms with Gasteiger partial charge in [0.1, 0.15) is 10.6 Å². The molecule has 0 saturated heterocycles. The summed E-state index contributed by atoms with van der Waals surface area (Å²) in [5.74, 6) is 0.625. The third-order valence-corrected chi connectivity index (χ3v) is 7.18. The molecule has 164 valence electrons. The number of anilines is 1. The number of methoxy groups -OCH3 is 1. The first-order valence-corrected chi connectivity index (χ1v) is 11.9. The maximum Gasteiger partial charge on any atom is 0.263 e. The summed E-state index contributed by atoms with van der Waals surface area (Å²) >= 11 is 2.68. The molecule has 32 heavy (non-hydrogen) atoms. The number of hydrogen-bond donors (Lipinski definition) is 1. The van der Waals surface area contributed by atoms with Crippen LogP contribution in [0, 0.1) is 13.8 Å². The molecule has 6 nitrogen and oxygen atoms in total. The number of ether oxygens (including phenoxy) is 1. The van der Waals surface area contributed by atoms with Gasteiger partial charge >= 0.3 is 0 Å². The van der Waals surface area contributed by atoms with Gasteiger partial charge in [-0.3, -0.25) is 14.2 Å². The Kier molecular flexibility index (Phi) is 6.34. The van der Waals surface area contributed by atoms with Crippen LogP contribution in [0.25, 0.3) is 21.3 Å². The van der Waals surface area contributed by atoms with E-state index in [1.54, 1.807) is 26.3 Å². The minimum Gasteiger partial charge on any atom is -0.497 e. The van der Waals surface area contributed by atoms with Crippen LogP contribution in [0.3, 0.4) is 0 Å². The molecule has 0 bridgehead atoms. The summed E-state index contributed by atoms with van der Waals surface area (Å²) in [5.41, 5.74) is 4.85. The molecular weight excluding hydrogens is 442 g/mol. The number of carbonyl (C=O) groups excluding carboxylic acids is 1. The van der Waals surface area contributed by atoms with Crippen molar-refractivity contribution in [3.63, 3.8) is 0 Å². The largest absolute Gasteiger partial charge is 0.497 e. The molecule has 0 aliphatic rings. The van der Waals surface area contributed by atoms with E-state index in [2.05, 4.69) is 36.3 Å². The molecular formula is C24H23N3O3S2. The van der Waals surface area contributed by atoms with Gasteiger partial charge in [0.05, 0.1) is 18.2 Å². The quantitative estimate of drug-likeness (QED) is 0.320. The van der Waals surface area contributed by atoms with Crippen molar-refractivity contribution in [1.29, 1.82) is 0 Å². The molecule has 1 amide bonds. The van der Waals surface area contributed by atoms with Crippen LogP contribution >= 0.6 is 23.1 Å². The number of thiophene rings is 1. The molecule has 4 rings (SSSR count). The zero-order valence-electron chi connectivity index (χ0n) is 18.3. The number of benzene rings is 2. The molecule has 0 spiro atoms. The molecule has 0 aliphatic heterocycles. The minimum atomic E-state index is -0.181. The number of aromatic nitrogens is 2. The predicted molar refractivity (Wildman–Crippen MR) is 132 cm³/mol. The first-order chi connectivity index (χ1) is 15.4. The fourth-order valence-electron chi connectivity index (χ4n) is 3.33. The number of aryl methyl sites for hydroxylation is 2. The van der Waals surface area contributed by atoms with Crippen LogP contribution in [0.1, 0.15) is 11.1 Å². The Morgan fingerprint density at radius 2 is 2.00 bits per heavy atom. The summed E-state index contributed by atoms with van der Waals surface area (Å²) in [6.07, 6.45) is 0. The van der Waals surface area contributed by atoms with Crippen molar-refractivity contribution in [3.8, 4) is 16.9 Å². The van der Waals surface area contributed by atoms with Crippen LogP contribution in [0.2, 0.25) is 0 Å². The van der Waals surface area contributed by atoms with Gasteiger partial charge in [-0.2, -0.15) is 0 Å². The third kappa shape index (κ3) is 4.42. The van der Waals surface area contributed by atoms with E-state index in [1.165, 1.54) is 38.8 Å². The lowest BCUT2D eigenvalue weighted by molar-refractivity contribution is -0.113. The van der Waals surface area contributed by atoms with Crippen LogP contribution < -0.4 is 15.6 Å².